The van der Waals surface area contributed by atoms with E-state index in [4.69, 9.17) is 9.63 Å². The summed E-state index contributed by atoms with van der Waals surface area (Å²) in [5.41, 5.74) is 3.29. The number of aromatic nitrogens is 1. The van der Waals surface area contributed by atoms with Crippen LogP contribution in [-0.4, -0.2) is 16.2 Å². The first kappa shape index (κ1) is 15.3. The van der Waals surface area contributed by atoms with Gasteiger partial charge in [-0.3, -0.25) is 4.79 Å². The quantitative estimate of drug-likeness (QED) is 0.887. The maximum Gasteiger partial charge on any atom is 0.224 e. The number of benzene rings is 1. The Bertz CT molecular complexity index is 615. The average molecular weight is 288 g/mol. The summed E-state index contributed by atoms with van der Waals surface area (Å²) in [6, 6.07) is 7.18. The van der Waals surface area contributed by atoms with E-state index in [-0.39, 0.29) is 18.4 Å². The maximum atomic E-state index is 12.1. The molecule has 0 saturated heterocycles. The number of hydrogen-bond acceptors (Lipinski definition) is 4. The van der Waals surface area contributed by atoms with Crippen LogP contribution in [0.25, 0.3) is 0 Å². The molecule has 0 saturated carbocycles. The van der Waals surface area contributed by atoms with Crippen LogP contribution in [0, 0.1) is 13.8 Å². The van der Waals surface area contributed by atoms with Crippen molar-refractivity contribution < 1.29 is 14.4 Å². The van der Waals surface area contributed by atoms with Crippen molar-refractivity contribution in [3.05, 3.63) is 46.8 Å². The number of nitrogens with one attached hydrogen (secondary N) is 1. The predicted molar refractivity (Wildman–Crippen MR) is 80.0 cm³/mol. The molecule has 1 atom stereocenters. The minimum atomic E-state index is -0.0717. The Kier molecular flexibility index (Phi) is 4.75. The molecule has 0 aliphatic rings. The molecule has 1 unspecified atom stereocenters. The highest BCUT2D eigenvalue weighted by Crippen LogP contribution is 2.26. The minimum absolute atomic E-state index is 0.0391. The van der Waals surface area contributed by atoms with Gasteiger partial charge in [-0.2, -0.15) is 0 Å². The molecule has 0 aliphatic heterocycles. The smallest absolute Gasteiger partial charge is 0.224 e. The summed E-state index contributed by atoms with van der Waals surface area (Å²) in [5, 5.41) is 15.9. The van der Waals surface area contributed by atoms with Crippen molar-refractivity contribution in [1.29, 1.82) is 0 Å². The number of nitrogens with zero attached hydrogens (tertiary/aromatic N) is 1. The third kappa shape index (κ3) is 3.70. The van der Waals surface area contributed by atoms with Crippen LogP contribution >= 0.6 is 0 Å². The Morgan fingerprint density at radius 1 is 1.43 bits per heavy atom. The molecule has 2 aromatic rings. The van der Waals surface area contributed by atoms with E-state index < -0.39 is 0 Å². The van der Waals surface area contributed by atoms with Crippen molar-refractivity contribution in [2.24, 2.45) is 0 Å². The van der Waals surface area contributed by atoms with E-state index in [1.54, 1.807) is 18.2 Å². The molecule has 0 fully saturated rings. The van der Waals surface area contributed by atoms with Gasteiger partial charge in [0.2, 0.25) is 5.91 Å². The zero-order valence-corrected chi connectivity index (χ0v) is 12.5. The van der Waals surface area contributed by atoms with Crippen LogP contribution in [0.3, 0.4) is 0 Å². The second kappa shape index (κ2) is 6.54. The third-order valence-corrected chi connectivity index (χ3v) is 3.47. The van der Waals surface area contributed by atoms with Crippen LogP contribution in [0.5, 0.6) is 0 Å². The highest BCUT2D eigenvalue weighted by Gasteiger charge is 2.19. The Morgan fingerprint density at radius 3 is 2.81 bits per heavy atom. The highest BCUT2D eigenvalue weighted by molar-refractivity contribution is 5.91. The molecule has 5 nitrogen and oxygen atoms in total. The molecule has 112 valence electrons. The maximum absolute atomic E-state index is 12.1. The van der Waals surface area contributed by atoms with Crippen LogP contribution in [-0.2, 0) is 11.4 Å². The fourth-order valence-electron chi connectivity index (χ4n) is 2.53. The van der Waals surface area contributed by atoms with E-state index in [2.05, 4.69) is 10.5 Å². The molecule has 2 rings (SSSR count). The van der Waals surface area contributed by atoms with Crippen molar-refractivity contribution in [2.75, 3.05) is 5.32 Å². The van der Waals surface area contributed by atoms with Gasteiger partial charge in [-0.25, -0.2) is 0 Å². The molecule has 0 aliphatic carbocycles. The van der Waals surface area contributed by atoms with Gasteiger partial charge in [-0.15, -0.1) is 0 Å². The third-order valence-electron chi connectivity index (χ3n) is 3.47. The van der Waals surface area contributed by atoms with Gasteiger partial charge in [0.05, 0.1) is 12.3 Å². The summed E-state index contributed by atoms with van der Waals surface area (Å²) in [6.07, 6.45) is 0.353. The van der Waals surface area contributed by atoms with E-state index in [1.807, 2.05) is 26.8 Å². The SMILES string of the molecule is Cc1noc(C)c1C(C)CC(=O)Nc1cccc(CO)c1. The van der Waals surface area contributed by atoms with E-state index in [0.29, 0.717) is 12.1 Å². The second-order valence-electron chi connectivity index (χ2n) is 5.25. The lowest BCUT2D eigenvalue weighted by Gasteiger charge is -2.12. The Balaban J connectivity index is 2.01. The van der Waals surface area contributed by atoms with E-state index in [1.165, 1.54) is 0 Å². The number of rotatable bonds is 5. The van der Waals surface area contributed by atoms with Crippen LogP contribution in [0.4, 0.5) is 5.69 Å². The molecule has 0 spiro atoms. The molecule has 1 heterocycles. The van der Waals surface area contributed by atoms with Gasteiger partial charge >= 0.3 is 0 Å². The highest BCUT2D eigenvalue weighted by atomic mass is 16.5. The van der Waals surface area contributed by atoms with Crippen molar-refractivity contribution in [2.45, 2.75) is 39.7 Å². The topological polar surface area (TPSA) is 75.4 Å². The van der Waals surface area contributed by atoms with Crippen molar-refractivity contribution in [3.8, 4) is 0 Å². The van der Waals surface area contributed by atoms with Gasteiger partial charge in [-0.05, 0) is 37.5 Å². The Morgan fingerprint density at radius 2 is 2.19 bits per heavy atom. The molecular weight excluding hydrogens is 268 g/mol. The molecule has 21 heavy (non-hydrogen) atoms. The molecule has 1 aromatic heterocycles. The molecule has 0 bridgehead atoms. The zero-order chi connectivity index (χ0) is 15.4. The van der Waals surface area contributed by atoms with Gasteiger partial charge < -0.3 is 14.9 Å². The fourth-order valence-corrected chi connectivity index (χ4v) is 2.53. The predicted octanol–water partition coefficient (Wildman–Crippen LogP) is 2.92. The summed E-state index contributed by atoms with van der Waals surface area (Å²) in [6.45, 7) is 5.68. The summed E-state index contributed by atoms with van der Waals surface area (Å²) in [4.78, 5) is 12.1. The van der Waals surface area contributed by atoms with E-state index in [9.17, 15) is 4.79 Å². The number of aliphatic hydroxyl groups is 1. The summed E-state index contributed by atoms with van der Waals surface area (Å²) < 4.78 is 5.14. The number of amides is 1. The van der Waals surface area contributed by atoms with Crippen molar-refractivity contribution in [3.63, 3.8) is 0 Å². The van der Waals surface area contributed by atoms with Gasteiger partial charge in [0.15, 0.2) is 0 Å². The monoisotopic (exact) mass is 288 g/mol. The zero-order valence-electron chi connectivity index (χ0n) is 12.5. The fraction of sp³-hybridized carbons (Fsp3) is 0.375. The Hall–Kier alpha value is -2.14. The first-order valence-electron chi connectivity index (χ1n) is 6.93. The first-order chi connectivity index (χ1) is 10.0. The normalized spacial score (nSPS) is 12.2. The van der Waals surface area contributed by atoms with Gasteiger partial charge in [-0.1, -0.05) is 24.2 Å². The van der Waals surface area contributed by atoms with E-state index in [0.717, 1.165) is 22.6 Å². The largest absolute Gasteiger partial charge is 0.392 e. The van der Waals surface area contributed by atoms with Crippen LogP contribution in [0.1, 0.15) is 41.8 Å². The molecule has 1 aromatic carbocycles. The summed E-state index contributed by atoms with van der Waals surface area (Å²) in [7, 11) is 0. The number of aryl methyl sites for hydroxylation is 2. The van der Waals surface area contributed by atoms with Crippen LogP contribution in [0.2, 0.25) is 0 Å². The van der Waals surface area contributed by atoms with Gasteiger partial charge in [0.25, 0.3) is 0 Å². The Labute approximate surface area is 124 Å². The van der Waals surface area contributed by atoms with Crippen molar-refractivity contribution >= 4 is 11.6 Å². The first-order valence-corrected chi connectivity index (χ1v) is 6.93. The second-order valence-corrected chi connectivity index (χ2v) is 5.25. The summed E-state index contributed by atoms with van der Waals surface area (Å²) in [5.74, 6) is 0.727. The minimum Gasteiger partial charge on any atom is -0.392 e. The van der Waals surface area contributed by atoms with Crippen LogP contribution in [0.15, 0.2) is 28.8 Å². The lowest BCUT2D eigenvalue weighted by molar-refractivity contribution is -0.116. The van der Waals surface area contributed by atoms with Gasteiger partial charge in [0.1, 0.15) is 5.76 Å². The molecular formula is C16H20N2O3. The molecule has 1 amide bonds. The number of hydrogen-bond donors (Lipinski definition) is 2. The van der Waals surface area contributed by atoms with Crippen molar-refractivity contribution in [1.82, 2.24) is 5.16 Å². The number of carbonyl (C=O) groups is 1. The summed E-state index contributed by atoms with van der Waals surface area (Å²) >= 11 is 0. The lowest BCUT2D eigenvalue weighted by Crippen LogP contribution is -2.15. The number of aliphatic hydroxyl groups excluding tert-OH is 1. The van der Waals surface area contributed by atoms with Crippen LogP contribution < -0.4 is 5.32 Å². The van der Waals surface area contributed by atoms with Gasteiger partial charge in [0, 0.05) is 17.7 Å². The number of carbonyl (C=O) groups excluding carboxylic acids is 1. The lowest BCUT2D eigenvalue weighted by atomic mass is 9.96. The molecule has 5 heteroatoms. The molecule has 2 N–H and O–H groups in total. The van der Waals surface area contributed by atoms with E-state index >= 15 is 0 Å². The number of anilines is 1. The molecule has 0 radical (unpaired) electrons. The average Bonchev–Trinajstić information content (AvgIpc) is 2.78. The standard InChI is InChI=1S/C16H20N2O3/c1-10(16-11(2)18-21-12(16)3)7-15(20)17-14-6-4-5-13(8-14)9-19/h4-6,8,10,19H,7,9H2,1-3H3,(H,17,20).